The number of aliphatic hydroxyl groups is 3. The Morgan fingerprint density at radius 2 is 1.45 bits per heavy atom. The Morgan fingerprint density at radius 1 is 0.871 bits per heavy atom. The van der Waals surface area contributed by atoms with E-state index in [9.17, 15) is 40.2 Å². The number of hydrogen-bond acceptors (Lipinski definition) is 12. The summed E-state index contributed by atoms with van der Waals surface area (Å²) in [6, 6.07) is 1.90. The predicted octanol–water partition coefficient (Wildman–Crippen LogP) is -0.575. The maximum Gasteiger partial charge on any atom is 0.344 e. The van der Waals surface area contributed by atoms with E-state index in [-0.39, 0.29) is 21.5 Å². The van der Waals surface area contributed by atoms with Gasteiger partial charge < -0.3 is 48.9 Å². The van der Waals surface area contributed by atoms with E-state index in [0.717, 1.165) is 12.1 Å². The van der Waals surface area contributed by atoms with Gasteiger partial charge >= 0.3 is 11.3 Å². The van der Waals surface area contributed by atoms with Crippen molar-refractivity contribution >= 4 is 32.7 Å². The first-order valence-electron chi connectivity index (χ1n) is 8.95. The summed E-state index contributed by atoms with van der Waals surface area (Å²) >= 11 is 0. The summed E-state index contributed by atoms with van der Waals surface area (Å²) in [7, 11) is 0. The minimum Gasteiger partial charge on any atom is -0.504 e. The molecule has 4 unspecified atom stereocenters. The van der Waals surface area contributed by atoms with Gasteiger partial charge in [0.05, 0.1) is 17.4 Å². The maximum atomic E-state index is 12.6. The van der Waals surface area contributed by atoms with E-state index in [0.29, 0.717) is 0 Å². The number of hydrogen-bond donors (Lipinski definition) is 6. The van der Waals surface area contributed by atoms with Gasteiger partial charge in [0, 0.05) is 10.8 Å². The van der Waals surface area contributed by atoms with E-state index < -0.39 is 76.6 Å². The largest absolute Gasteiger partial charge is 0.504 e. The summed E-state index contributed by atoms with van der Waals surface area (Å²) in [5, 5.41) is 59.1. The number of rotatable bonds is 3. The fourth-order valence-corrected chi connectivity index (χ4v) is 3.76. The van der Waals surface area contributed by atoms with Crippen molar-refractivity contribution in [3.05, 3.63) is 33.0 Å². The van der Waals surface area contributed by atoms with Gasteiger partial charge in [-0.25, -0.2) is 9.59 Å². The molecule has 162 valence electrons. The summed E-state index contributed by atoms with van der Waals surface area (Å²) in [6.07, 6.45) is -5.83. The molecular formula is C19H14O12. The second-order valence-corrected chi connectivity index (χ2v) is 7.08. The van der Waals surface area contributed by atoms with E-state index in [4.69, 9.17) is 18.3 Å². The zero-order chi connectivity index (χ0) is 22.2. The van der Waals surface area contributed by atoms with Crippen LogP contribution in [0.2, 0.25) is 0 Å². The molecule has 1 saturated heterocycles. The molecule has 0 amide bonds. The molecule has 1 aliphatic rings. The molecule has 0 spiro atoms. The average molecular weight is 434 g/mol. The molecule has 5 rings (SSSR count). The monoisotopic (exact) mass is 434 g/mol. The van der Waals surface area contributed by atoms with Gasteiger partial charge in [0.25, 0.3) is 0 Å². The van der Waals surface area contributed by atoms with Crippen molar-refractivity contribution < 1.29 is 48.9 Å². The van der Waals surface area contributed by atoms with Crippen molar-refractivity contribution in [3.8, 4) is 23.0 Å². The lowest BCUT2D eigenvalue weighted by Gasteiger charge is -2.19. The normalized spacial score (nSPS) is 24.0. The molecule has 4 aromatic rings. The predicted molar refractivity (Wildman–Crippen MR) is 101 cm³/mol. The van der Waals surface area contributed by atoms with E-state index >= 15 is 0 Å². The zero-order valence-corrected chi connectivity index (χ0v) is 15.3. The van der Waals surface area contributed by atoms with Crippen molar-refractivity contribution in [2.45, 2.75) is 24.6 Å². The third-order valence-corrected chi connectivity index (χ3v) is 5.26. The van der Waals surface area contributed by atoms with Gasteiger partial charge in [0.1, 0.15) is 18.3 Å². The second kappa shape index (κ2) is 6.46. The Bertz CT molecular complexity index is 1450. The van der Waals surface area contributed by atoms with Gasteiger partial charge in [-0.05, 0) is 12.1 Å². The molecule has 0 saturated carbocycles. The highest BCUT2D eigenvalue weighted by Gasteiger charge is 2.44. The third kappa shape index (κ3) is 2.56. The fourth-order valence-electron chi connectivity index (χ4n) is 3.76. The molecule has 4 atom stereocenters. The molecule has 0 bridgehead atoms. The summed E-state index contributed by atoms with van der Waals surface area (Å²) in [5.74, 6) is -2.67. The minimum atomic E-state index is -1.62. The summed E-state index contributed by atoms with van der Waals surface area (Å²) in [4.78, 5) is 25.0. The highest BCUT2D eigenvalue weighted by molar-refractivity contribution is 6.22. The highest BCUT2D eigenvalue weighted by atomic mass is 16.7. The van der Waals surface area contributed by atoms with Crippen LogP contribution < -0.4 is 16.0 Å². The van der Waals surface area contributed by atoms with Crippen molar-refractivity contribution in [2.24, 2.45) is 0 Å². The summed E-state index contributed by atoms with van der Waals surface area (Å²) < 4.78 is 21.0. The standard InChI is InChI=1S/C19H14O12/c20-3-8-12(24)13(25)19(28-8)31-14-7(22)2-5-10-9-4(18(27)30-16(10)14)1-6(21)11(23)15(9)29-17(5)26/h1-2,8,12-13,19-25H,3H2. The van der Waals surface area contributed by atoms with Crippen molar-refractivity contribution in [1.82, 2.24) is 0 Å². The van der Waals surface area contributed by atoms with Crippen LogP contribution in [0, 0.1) is 0 Å². The lowest BCUT2D eigenvalue weighted by molar-refractivity contribution is -0.116. The van der Waals surface area contributed by atoms with Crippen LogP contribution in [0.15, 0.2) is 30.6 Å². The molecule has 0 aliphatic carbocycles. The molecule has 0 radical (unpaired) electrons. The second-order valence-electron chi connectivity index (χ2n) is 7.08. The lowest BCUT2D eigenvalue weighted by Crippen LogP contribution is -2.35. The summed E-state index contributed by atoms with van der Waals surface area (Å²) in [6.45, 7) is -0.624. The first-order chi connectivity index (χ1) is 14.7. The number of phenols is 3. The van der Waals surface area contributed by atoms with E-state index in [1.165, 1.54) is 0 Å². The van der Waals surface area contributed by atoms with Gasteiger partial charge in [-0.1, -0.05) is 0 Å². The third-order valence-electron chi connectivity index (χ3n) is 5.26. The van der Waals surface area contributed by atoms with Gasteiger partial charge in [0.15, 0.2) is 22.7 Å². The van der Waals surface area contributed by atoms with E-state index in [1.807, 2.05) is 0 Å². The van der Waals surface area contributed by atoms with Gasteiger partial charge in [-0.2, -0.15) is 0 Å². The van der Waals surface area contributed by atoms with Crippen molar-refractivity contribution in [2.75, 3.05) is 6.61 Å². The van der Waals surface area contributed by atoms with E-state index in [1.54, 1.807) is 0 Å². The molecule has 3 heterocycles. The molecule has 12 heteroatoms. The van der Waals surface area contributed by atoms with Gasteiger partial charge in [-0.3, -0.25) is 0 Å². The first kappa shape index (κ1) is 19.4. The lowest BCUT2D eigenvalue weighted by atomic mass is 10.0. The molecule has 31 heavy (non-hydrogen) atoms. The van der Waals surface area contributed by atoms with Crippen molar-refractivity contribution in [3.63, 3.8) is 0 Å². The molecule has 12 nitrogen and oxygen atoms in total. The zero-order valence-electron chi connectivity index (χ0n) is 15.3. The van der Waals surface area contributed by atoms with Crippen LogP contribution in [-0.2, 0) is 4.74 Å². The number of ether oxygens (including phenoxy) is 2. The minimum absolute atomic E-state index is 0.0595. The summed E-state index contributed by atoms with van der Waals surface area (Å²) in [5.41, 5.74) is -2.92. The Balaban J connectivity index is 1.83. The van der Waals surface area contributed by atoms with Crippen LogP contribution >= 0.6 is 0 Å². The average Bonchev–Trinajstić information content (AvgIpc) is 3.00. The smallest absolute Gasteiger partial charge is 0.344 e. The quantitative estimate of drug-likeness (QED) is 0.136. The van der Waals surface area contributed by atoms with Crippen LogP contribution in [-0.4, -0.2) is 61.8 Å². The fraction of sp³-hybridized carbons (Fsp3) is 0.263. The SMILES string of the molecule is O=c1oc2c(OC3OC(CO)C(O)C3O)c(O)cc3c(=O)oc4c(O)c(O)cc1c4c23. The van der Waals surface area contributed by atoms with Crippen molar-refractivity contribution in [1.29, 1.82) is 0 Å². The number of phenolic OH excluding ortho intramolecular Hbond substituents is 3. The maximum absolute atomic E-state index is 12.6. The Hall–Kier alpha value is -3.58. The van der Waals surface area contributed by atoms with Crippen LogP contribution in [0.4, 0.5) is 0 Å². The first-order valence-corrected chi connectivity index (χ1v) is 8.95. The molecule has 6 N–H and O–H groups in total. The molecule has 1 fully saturated rings. The van der Waals surface area contributed by atoms with Crippen LogP contribution in [0.3, 0.4) is 0 Å². The molecular weight excluding hydrogens is 420 g/mol. The number of benzene rings is 2. The van der Waals surface area contributed by atoms with Crippen LogP contribution in [0.25, 0.3) is 32.7 Å². The Labute approximate surface area is 169 Å². The van der Waals surface area contributed by atoms with Gasteiger partial charge in [0.2, 0.25) is 17.8 Å². The van der Waals surface area contributed by atoms with Crippen LogP contribution in [0.1, 0.15) is 0 Å². The number of aliphatic hydroxyl groups excluding tert-OH is 3. The number of aromatic hydroxyl groups is 3. The topological polar surface area (TPSA) is 200 Å². The molecule has 2 aromatic carbocycles. The van der Waals surface area contributed by atoms with Crippen LogP contribution in [0.5, 0.6) is 23.0 Å². The molecule has 1 aliphatic heterocycles. The van der Waals surface area contributed by atoms with E-state index in [2.05, 4.69) is 0 Å². The Morgan fingerprint density at radius 3 is 2.06 bits per heavy atom. The molecule has 2 aromatic heterocycles. The van der Waals surface area contributed by atoms with Gasteiger partial charge in [-0.15, -0.1) is 0 Å². The highest BCUT2D eigenvalue weighted by Crippen LogP contribution is 2.45. The Kier molecular flexibility index (Phi) is 4.04.